The van der Waals surface area contributed by atoms with Gasteiger partial charge in [-0.2, -0.15) is 0 Å². The topological polar surface area (TPSA) is 75.7 Å². The molecule has 12 heteroatoms. The standard InChI is InChI=1S/C48H29N3S.C45H27N3S.C39H23N3S/c1-3-14-31(15-4-1)40-29-41(50-48(49-40)33-16-5-2-6-17-33)32-23-26-34(27-24-32)51-45-35-18-8-7-13-30(35)25-28-39(45)43-36-19-9-10-20-37(36)44-38-21-11-12-22-42(38)52-47(44)46(43)51;1-2-13-30(14-3-1)47-38-20-10-9-19-37(38)46-45(47)29-22-25-31(26-23-29)48-42-32-15-5-4-12-28(32)24-27-36(42)40-33-16-6-7-17-34(33)41-35-18-8-11-21-39(35)49-44(41)43(40)48;1-2-10-27-24(9-1)18-21-31-35-28-11-3-4-12-29(28)36-30-13-5-6-14-33(30)43-39(36)38(35)42(37(27)31)26-19-16-25(17-20-26)32-23-41-22-8-7-15-34(41)40-32/h1-29H;1-27H;1-23H. The third-order valence-electron chi connectivity index (χ3n) is 29.4. The summed E-state index contributed by atoms with van der Waals surface area (Å²) in [5, 5.41) is 31.0. The van der Waals surface area contributed by atoms with Crippen molar-refractivity contribution in [2.45, 2.75) is 0 Å². The molecule has 0 bridgehead atoms. The fraction of sp³-hybridized carbons (Fsp3) is 0. The second kappa shape index (κ2) is 32.7. The monoisotopic (exact) mass is 1890 g/mol. The minimum Gasteiger partial charge on any atom is -0.307 e. The highest BCUT2D eigenvalue weighted by Gasteiger charge is 2.30. The Labute approximate surface area is 836 Å². The third-order valence-corrected chi connectivity index (χ3v) is 32.9. The molecule has 0 N–H and O–H groups in total. The van der Waals surface area contributed by atoms with Crippen molar-refractivity contribution < 1.29 is 0 Å². The number of hydrogen-bond acceptors (Lipinski definition) is 7. The first-order valence-corrected chi connectivity index (χ1v) is 51.2. The summed E-state index contributed by atoms with van der Waals surface area (Å²) in [6, 6.07) is 168. The Kier molecular flexibility index (Phi) is 18.5. The summed E-state index contributed by atoms with van der Waals surface area (Å²) in [5.74, 6) is 1.65. The average molecular weight is 1890 g/mol. The molecule has 22 aromatic carbocycles. The molecule has 144 heavy (non-hydrogen) atoms. The Balaban J connectivity index is 0.000000101. The van der Waals surface area contributed by atoms with Gasteiger partial charge in [0.15, 0.2) is 5.82 Å². The highest BCUT2D eigenvalue weighted by Crippen LogP contribution is 2.55. The van der Waals surface area contributed by atoms with E-state index in [9.17, 15) is 0 Å². The summed E-state index contributed by atoms with van der Waals surface area (Å²) in [5.41, 5.74) is 23.1. The molecule has 0 aliphatic rings. The van der Waals surface area contributed by atoms with Gasteiger partial charge >= 0.3 is 0 Å². The summed E-state index contributed by atoms with van der Waals surface area (Å²) in [7, 11) is 0. The van der Waals surface area contributed by atoms with E-state index >= 15 is 0 Å². The molecule has 32 rings (SSSR count). The zero-order valence-corrected chi connectivity index (χ0v) is 79.8. The highest BCUT2D eigenvalue weighted by atomic mass is 32.1. The molecule has 670 valence electrons. The molecule has 9 nitrogen and oxygen atoms in total. The van der Waals surface area contributed by atoms with Crippen molar-refractivity contribution in [2.24, 2.45) is 0 Å². The quantitative estimate of drug-likeness (QED) is 0.144. The van der Waals surface area contributed by atoms with Crippen LogP contribution in [0.25, 0.3) is 287 Å². The predicted octanol–water partition coefficient (Wildman–Crippen LogP) is 36.5. The van der Waals surface area contributed by atoms with Crippen LogP contribution in [0.3, 0.4) is 0 Å². The van der Waals surface area contributed by atoms with Crippen LogP contribution in [-0.2, 0) is 0 Å². The zero-order valence-electron chi connectivity index (χ0n) is 77.4. The molecule has 10 heterocycles. The van der Waals surface area contributed by atoms with E-state index in [2.05, 4.69) is 454 Å². The molecule has 0 saturated carbocycles. The van der Waals surface area contributed by atoms with Crippen molar-refractivity contribution in [1.29, 1.82) is 0 Å². The van der Waals surface area contributed by atoms with Crippen LogP contribution in [0.1, 0.15) is 0 Å². The van der Waals surface area contributed by atoms with Gasteiger partial charge in [0.25, 0.3) is 0 Å². The summed E-state index contributed by atoms with van der Waals surface area (Å²) in [6.45, 7) is 0. The SMILES string of the molecule is c1ccc(-c2cc(-c3ccc(-n4c5c6ccccc6ccc5c5c6ccccc6c6c7ccccc7sc6c54)cc3)nc(-c3ccccc3)n2)cc1.c1ccc(-n2c(-c3ccc(-n4c5c6ccccc6ccc5c5c6ccccc6c6c7ccccc7sc6c54)cc3)nc3ccccc32)cc1.c1ccc2c(c1)ccc1c3c4ccccc4c4c5ccccc5sc4c3n(-c3ccc(-c4cn5ccccc5n4)cc3)c21. The van der Waals surface area contributed by atoms with Gasteiger partial charge in [0, 0.05) is 158 Å². The maximum Gasteiger partial charge on any atom is 0.160 e. The van der Waals surface area contributed by atoms with Crippen molar-refractivity contribution in [3.05, 3.63) is 480 Å². The minimum atomic E-state index is 0.717. The van der Waals surface area contributed by atoms with Gasteiger partial charge in [-0.05, 0) is 158 Å². The Morgan fingerprint density at radius 2 is 0.521 bits per heavy atom. The first-order valence-electron chi connectivity index (χ1n) is 48.8. The average Bonchev–Trinajstić information content (AvgIpc) is 1.54. The Morgan fingerprint density at radius 1 is 0.194 bits per heavy atom. The molecule has 0 spiro atoms. The van der Waals surface area contributed by atoms with Gasteiger partial charge in [-0.3, -0.25) is 4.57 Å². The van der Waals surface area contributed by atoms with Gasteiger partial charge < -0.3 is 18.1 Å². The van der Waals surface area contributed by atoms with Crippen LogP contribution >= 0.6 is 34.0 Å². The van der Waals surface area contributed by atoms with E-state index in [1.165, 1.54) is 191 Å². The molecule has 0 amide bonds. The zero-order chi connectivity index (χ0) is 94.3. The first kappa shape index (κ1) is 81.7. The molecule has 0 atom stereocenters. The van der Waals surface area contributed by atoms with Crippen LogP contribution in [0.2, 0.25) is 0 Å². The number of pyridine rings is 1. The fourth-order valence-corrected chi connectivity index (χ4v) is 26.9. The molecule has 0 fully saturated rings. The predicted molar refractivity (Wildman–Crippen MR) is 612 cm³/mol. The number of thiophene rings is 3. The van der Waals surface area contributed by atoms with E-state index < -0.39 is 0 Å². The molecule has 0 radical (unpaired) electrons. The molecule has 10 aromatic heterocycles. The lowest BCUT2D eigenvalue weighted by molar-refractivity contribution is 1.10. The van der Waals surface area contributed by atoms with Gasteiger partial charge in [-0.15, -0.1) is 34.0 Å². The van der Waals surface area contributed by atoms with Gasteiger partial charge in [-0.25, -0.2) is 19.9 Å². The van der Waals surface area contributed by atoms with Crippen LogP contribution in [0, 0.1) is 0 Å². The number of imidazole rings is 2. The molecule has 0 unspecified atom stereocenters. The van der Waals surface area contributed by atoms with Crippen LogP contribution in [0.15, 0.2) is 480 Å². The lowest BCUT2D eigenvalue weighted by Crippen LogP contribution is -1.98. The van der Waals surface area contributed by atoms with Crippen molar-refractivity contribution in [2.75, 3.05) is 0 Å². The van der Waals surface area contributed by atoms with Crippen LogP contribution in [-0.4, -0.2) is 42.6 Å². The first-order chi connectivity index (χ1) is 71.5. The highest BCUT2D eigenvalue weighted by molar-refractivity contribution is 7.28. The van der Waals surface area contributed by atoms with Crippen LogP contribution < -0.4 is 0 Å². The summed E-state index contributed by atoms with van der Waals surface area (Å²) in [4.78, 5) is 20.2. The second-order valence-corrected chi connectivity index (χ2v) is 40.4. The van der Waals surface area contributed by atoms with Gasteiger partial charge in [-0.1, -0.05) is 358 Å². The smallest absolute Gasteiger partial charge is 0.160 e. The largest absolute Gasteiger partial charge is 0.307 e. The molecule has 0 saturated heterocycles. The van der Waals surface area contributed by atoms with Crippen molar-refractivity contribution in [3.63, 3.8) is 0 Å². The Morgan fingerprint density at radius 3 is 0.944 bits per heavy atom. The fourth-order valence-electron chi connectivity index (χ4n) is 23.1. The third kappa shape index (κ3) is 12.6. The molecule has 0 aliphatic heterocycles. The van der Waals surface area contributed by atoms with Gasteiger partial charge in [0.05, 0.1) is 75.3 Å². The minimum absolute atomic E-state index is 0.717. The van der Waals surface area contributed by atoms with Crippen LogP contribution in [0.4, 0.5) is 0 Å². The van der Waals surface area contributed by atoms with E-state index in [1.807, 2.05) is 82.7 Å². The maximum atomic E-state index is 5.15. The number of para-hydroxylation sites is 3. The second-order valence-electron chi connectivity index (χ2n) is 37.3. The Hall–Kier alpha value is -18.3. The van der Waals surface area contributed by atoms with Crippen molar-refractivity contribution in [3.8, 4) is 79.3 Å². The molecule has 0 aliphatic carbocycles. The van der Waals surface area contributed by atoms with Crippen molar-refractivity contribution >= 4 is 241 Å². The summed E-state index contributed by atoms with van der Waals surface area (Å²) in [6.07, 6.45) is 4.15. The van der Waals surface area contributed by atoms with E-state index in [-0.39, 0.29) is 0 Å². The van der Waals surface area contributed by atoms with E-state index in [4.69, 9.17) is 19.9 Å². The summed E-state index contributed by atoms with van der Waals surface area (Å²) < 4.78 is 19.8. The van der Waals surface area contributed by atoms with Gasteiger partial charge in [0.1, 0.15) is 11.5 Å². The number of aromatic nitrogens is 9. The van der Waals surface area contributed by atoms with E-state index in [1.54, 1.807) is 0 Å². The number of rotatable bonds is 9. The lowest BCUT2D eigenvalue weighted by Gasteiger charge is -2.13. The maximum absolute atomic E-state index is 5.15. The normalized spacial score (nSPS) is 12.0. The van der Waals surface area contributed by atoms with Crippen LogP contribution in [0.5, 0.6) is 0 Å². The number of hydrogen-bond donors (Lipinski definition) is 0. The molecular formula is C132H79N9S3. The Bertz CT molecular complexity index is 10800. The molecule has 32 aromatic rings. The van der Waals surface area contributed by atoms with Crippen molar-refractivity contribution in [1.82, 2.24) is 42.6 Å². The number of benzene rings is 22. The van der Waals surface area contributed by atoms with E-state index in [0.717, 1.165) is 90.2 Å². The molecular weight excluding hydrogens is 1810 g/mol. The van der Waals surface area contributed by atoms with E-state index in [0.29, 0.717) is 5.82 Å². The van der Waals surface area contributed by atoms with Gasteiger partial charge in [0.2, 0.25) is 0 Å². The lowest BCUT2D eigenvalue weighted by atomic mass is 9.98. The number of nitrogens with zero attached hydrogens (tertiary/aromatic N) is 9. The number of fused-ring (bicyclic) bond motifs is 38. The summed E-state index contributed by atoms with van der Waals surface area (Å²) >= 11 is 5.70.